The van der Waals surface area contributed by atoms with E-state index in [0.29, 0.717) is 11.6 Å². The molecule has 1 aromatic rings. The van der Waals surface area contributed by atoms with E-state index < -0.39 is 0 Å². The molecule has 1 aromatic heterocycles. The second-order valence-electron chi connectivity index (χ2n) is 2.84. The lowest BCUT2D eigenvalue weighted by Gasteiger charge is -2.03. The van der Waals surface area contributed by atoms with E-state index in [2.05, 4.69) is 20.9 Å². The first-order valence-corrected chi connectivity index (χ1v) is 5.71. The van der Waals surface area contributed by atoms with Crippen LogP contribution in [-0.4, -0.2) is 23.5 Å². The Bertz CT molecular complexity index is 320. The fourth-order valence-corrected chi connectivity index (χ4v) is 2.52. The summed E-state index contributed by atoms with van der Waals surface area (Å²) in [7, 11) is 0. The smallest absolute Gasteiger partial charge is 0.220 e. The predicted octanol–water partition coefficient (Wildman–Crippen LogP) is 2.27. The van der Waals surface area contributed by atoms with Gasteiger partial charge in [0.15, 0.2) is 5.01 Å². The van der Waals surface area contributed by atoms with E-state index in [-0.39, 0.29) is 11.9 Å². The molecule has 0 aromatic carbocycles. The summed E-state index contributed by atoms with van der Waals surface area (Å²) in [6.07, 6.45) is 1.55. The van der Waals surface area contributed by atoms with Crippen LogP contribution in [0.15, 0.2) is 9.98 Å². The van der Waals surface area contributed by atoms with E-state index in [4.69, 9.17) is 4.74 Å². The molecule has 1 fully saturated rings. The summed E-state index contributed by atoms with van der Waals surface area (Å²) in [6, 6.07) is 0. The molecule has 13 heavy (non-hydrogen) atoms. The lowest BCUT2D eigenvalue weighted by atomic mass is 10.2. The van der Waals surface area contributed by atoms with Crippen LogP contribution in [0.3, 0.4) is 0 Å². The number of rotatable bonds is 2. The van der Waals surface area contributed by atoms with Crippen molar-refractivity contribution in [2.45, 2.75) is 18.9 Å². The maximum absolute atomic E-state index is 11.7. The zero-order valence-electron chi connectivity index (χ0n) is 6.83. The number of ketones is 1. The Morgan fingerprint density at radius 2 is 2.62 bits per heavy atom. The SMILES string of the molecule is O=C(c1nc(Br)cs1)C1CCCO1. The number of aromatic nitrogens is 1. The largest absolute Gasteiger partial charge is 0.370 e. The quantitative estimate of drug-likeness (QED) is 0.767. The summed E-state index contributed by atoms with van der Waals surface area (Å²) >= 11 is 4.57. The number of nitrogens with zero attached hydrogens (tertiary/aromatic N) is 1. The van der Waals surface area contributed by atoms with Crippen LogP contribution in [0.25, 0.3) is 0 Å². The Hall–Kier alpha value is -0.260. The molecule has 3 nitrogen and oxygen atoms in total. The van der Waals surface area contributed by atoms with Gasteiger partial charge >= 0.3 is 0 Å². The lowest BCUT2D eigenvalue weighted by Crippen LogP contribution is -2.19. The number of ether oxygens (including phenoxy) is 1. The lowest BCUT2D eigenvalue weighted by molar-refractivity contribution is 0.0642. The van der Waals surface area contributed by atoms with Crippen molar-refractivity contribution in [3.63, 3.8) is 0 Å². The number of Topliss-reactive ketones (excluding diaryl/α,β-unsaturated/α-hetero) is 1. The second-order valence-corrected chi connectivity index (χ2v) is 4.51. The molecule has 0 radical (unpaired) electrons. The highest BCUT2D eigenvalue weighted by molar-refractivity contribution is 9.10. The minimum atomic E-state index is -0.252. The average molecular weight is 262 g/mol. The van der Waals surface area contributed by atoms with Crippen molar-refractivity contribution in [2.24, 2.45) is 0 Å². The molecule has 1 aliphatic heterocycles. The second kappa shape index (κ2) is 3.86. The first-order valence-electron chi connectivity index (χ1n) is 4.04. The van der Waals surface area contributed by atoms with E-state index in [9.17, 15) is 4.79 Å². The third-order valence-electron chi connectivity index (χ3n) is 1.91. The number of hydrogen-bond acceptors (Lipinski definition) is 4. The third-order valence-corrected chi connectivity index (χ3v) is 3.48. The summed E-state index contributed by atoms with van der Waals surface area (Å²) in [5.74, 6) is 0.0215. The summed E-state index contributed by atoms with van der Waals surface area (Å²) < 4.78 is 6.00. The van der Waals surface area contributed by atoms with Gasteiger partial charge in [-0.05, 0) is 28.8 Å². The zero-order chi connectivity index (χ0) is 9.26. The van der Waals surface area contributed by atoms with Crippen LogP contribution in [0.5, 0.6) is 0 Å². The molecule has 0 amide bonds. The maximum atomic E-state index is 11.7. The van der Waals surface area contributed by atoms with Gasteiger partial charge in [-0.15, -0.1) is 11.3 Å². The Labute approximate surface area is 88.3 Å². The van der Waals surface area contributed by atoms with Crippen LogP contribution in [0, 0.1) is 0 Å². The summed E-state index contributed by atoms with van der Waals surface area (Å²) in [4.78, 5) is 15.7. The summed E-state index contributed by atoms with van der Waals surface area (Å²) in [5.41, 5.74) is 0. The Morgan fingerprint density at radius 3 is 3.15 bits per heavy atom. The molecule has 70 valence electrons. The van der Waals surface area contributed by atoms with Gasteiger partial charge in [0, 0.05) is 12.0 Å². The van der Waals surface area contributed by atoms with E-state index in [1.54, 1.807) is 0 Å². The van der Waals surface area contributed by atoms with Gasteiger partial charge in [-0.2, -0.15) is 0 Å². The van der Waals surface area contributed by atoms with Gasteiger partial charge in [-0.25, -0.2) is 4.98 Å². The Morgan fingerprint density at radius 1 is 1.77 bits per heavy atom. The van der Waals surface area contributed by atoms with Crippen LogP contribution >= 0.6 is 27.3 Å². The molecule has 0 saturated carbocycles. The highest BCUT2D eigenvalue weighted by Crippen LogP contribution is 2.21. The first-order chi connectivity index (χ1) is 6.27. The normalized spacial score (nSPS) is 22.1. The molecule has 1 atom stereocenters. The van der Waals surface area contributed by atoms with Crippen LogP contribution in [-0.2, 0) is 4.74 Å². The third kappa shape index (κ3) is 1.98. The van der Waals surface area contributed by atoms with Crippen LogP contribution in [0.1, 0.15) is 22.6 Å². The Kier molecular flexibility index (Phi) is 2.76. The molecule has 0 N–H and O–H groups in total. The van der Waals surface area contributed by atoms with E-state index in [0.717, 1.165) is 17.4 Å². The number of carbonyl (C=O) groups is 1. The molecule has 1 unspecified atom stereocenters. The van der Waals surface area contributed by atoms with E-state index in [1.165, 1.54) is 11.3 Å². The maximum Gasteiger partial charge on any atom is 0.220 e. The molecular weight excluding hydrogens is 254 g/mol. The molecule has 0 spiro atoms. The van der Waals surface area contributed by atoms with Crippen LogP contribution in [0.4, 0.5) is 0 Å². The molecule has 1 saturated heterocycles. The van der Waals surface area contributed by atoms with Crippen molar-refractivity contribution in [3.8, 4) is 0 Å². The first kappa shape index (κ1) is 9.30. The van der Waals surface area contributed by atoms with Crippen molar-refractivity contribution in [1.29, 1.82) is 0 Å². The van der Waals surface area contributed by atoms with Crippen LogP contribution in [0.2, 0.25) is 0 Å². The van der Waals surface area contributed by atoms with Gasteiger partial charge in [0.1, 0.15) is 10.7 Å². The van der Waals surface area contributed by atoms with Crippen molar-refractivity contribution in [3.05, 3.63) is 15.0 Å². The van der Waals surface area contributed by atoms with E-state index in [1.807, 2.05) is 5.38 Å². The molecule has 0 bridgehead atoms. The monoisotopic (exact) mass is 261 g/mol. The van der Waals surface area contributed by atoms with Gasteiger partial charge in [0.05, 0.1) is 0 Å². The average Bonchev–Trinajstić information content (AvgIpc) is 2.72. The van der Waals surface area contributed by atoms with Gasteiger partial charge < -0.3 is 4.74 Å². The number of thiazole rings is 1. The van der Waals surface area contributed by atoms with Crippen molar-refractivity contribution < 1.29 is 9.53 Å². The number of hydrogen-bond donors (Lipinski definition) is 0. The topological polar surface area (TPSA) is 39.2 Å². The summed E-state index contributed by atoms with van der Waals surface area (Å²) in [6.45, 7) is 0.697. The Balaban J connectivity index is 2.12. The minimum absolute atomic E-state index is 0.0215. The predicted molar refractivity (Wildman–Crippen MR) is 53.1 cm³/mol. The summed E-state index contributed by atoms with van der Waals surface area (Å²) in [5, 5.41) is 2.35. The molecule has 0 aliphatic carbocycles. The van der Waals surface area contributed by atoms with Crippen molar-refractivity contribution in [1.82, 2.24) is 4.98 Å². The molecule has 1 aliphatic rings. The van der Waals surface area contributed by atoms with Crippen molar-refractivity contribution >= 4 is 33.0 Å². The molecule has 2 rings (SSSR count). The molecule has 5 heteroatoms. The number of halogens is 1. The van der Waals surface area contributed by atoms with E-state index >= 15 is 0 Å². The standard InChI is InChI=1S/C8H8BrNO2S/c9-6-4-13-8(10-6)7(11)5-2-1-3-12-5/h4-5H,1-3H2. The van der Waals surface area contributed by atoms with Crippen LogP contribution < -0.4 is 0 Å². The molecular formula is C8H8BrNO2S. The van der Waals surface area contributed by atoms with Crippen molar-refractivity contribution in [2.75, 3.05) is 6.61 Å². The molecule has 2 heterocycles. The highest BCUT2D eigenvalue weighted by Gasteiger charge is 2.26. The van der Waals surface area contributed by atoms with Gasteiger partial charge in [-0.3, -0.25) is 4.79 Å². The van der Waals surface area contributed by atoms with Gasteiger partial charge in [-0.1, -0.05) is 0 Å². The van der Waals surface area contributed by atoms with Gasteiger partial charge in [0.2, 0.25) is 5.78 Å². The fourth-order valence-electron chi connectivity index (χ4n) is 1.29. The zero-order valence-corrected chi connectivity index (χ0v) is 9.23. The highest BCUT2D eigenvalue weighted by atomic mass is 79.9. The minimum Gasteiger partial charge on any atom is -0.370 e. The fraction of sp³-hybridized carbons (Fsp3) is 0.500. The van der Waals surface area contributed by atoms with Gasteiger partial charge in [0.25, 0.3) is 0 Å². The number of carbonyl (C=O) groups excluding carboxylic acids is 1.